The lowest BCUT2D eigenvalue weighted by atomic mass is 10.2. The molecule has 1 heterocycles. The Morgan fingerprint density at radius 2 is 2.00 bits per heavy atom. The molecule has 17 heavy (non-hydrogen) atoms. The van der Waals surface area contributed by atoms with Gasteiger partial charge in [-0.15, -0.1) is 0 Å². The second-order valence-corrected chi connectivity index (χ2v) is 3.48. The zero-order chi connectivity index (χ0) is 12.1. The lowest BCUT2D eigenvalue weighted by Crippen LogP contribution is -1.96. The van der Waals surface area contributed by atoms with E-state index < -0.39 is 0 Å². The average Bonchev–Trinajstić information content (AvgIpc) is 2.39. The van der Waals surface area contributed by atoms with Crippen LogP contribution in [-0.4, -0.2) is 17.1 Å². The zero-order valence-corrected chi connectivity index (χ0v) is 9.55. The number of pyridine rings is 1. The summed E-state index contributed by atoms with van der Waals surface area (Å²) in [6, 6.07) is 12.8. The highest BCUT2D eigenvalue weighted by Gasteiger charge is 2.04. The molecule has 0 unspecified atom stereocenters. The standard InChI is InChI=1S/C13H14N2O2/c1-14-12-7-4-8-13(15-12)17-11-6-3-2-5-10(11)9-16/h2-8,16H,9H2,1H3,(H,14,15). The summed E-state index contributed by atoms with van der Waals surface area (Å²) >= 11 is 0. The Labute approximate surface area is 99.9 Å². The fourth-order valence-electron chi connectivity index (χ4n) is 1.46. The minimum absolute atomic E-state index is 0.0537. The quantitative estimate of drug-likeness (QED) is 0.846. The maximum absolute atomic E-state index is 9.18. The minimum Gasteiger partial charge on any atom is -0.439 e. The van der Waals surface area contributed by atoms with Gasteiger partial charge in [0.2, 0.25) is 5.88 Å². The maximum atomic E-state index is 9.18. The van der Waals surface area contributed by atoms with Gasteiger partial charge in [-0.25, -0.2) is 0 Å². The van der Waals surface area contributed by atoms with Crippen LogP contribution in [0, 0.1) is 0 Å². The van der Waals surface area contributed by atoms with E-state index in [1.807, 2.05) is 30.3 Å². The third kappa shape index (κ3) is 2.73. The first-order chi connectivity index (χ1) is 8.33. The Balaban J connectivity index is 2.24. The van der Waals surface area contributed by atoms with Gasteiger partial charge in [0.15, 0.2) is 0 Å². The summed E-state index contributed by atoms with van der Waals surface area (Å²) in [7, 11) is 1.80. The van der Waals surface area contributed by atoms with Gasteiger partial charge in [-0.1, -0.05) is 24.3 Å². The van der Waals surface area contributed by atoms with E-state index in [1.165, 1.54) is 0 Å². The van der Waals surface area contributed by atoms with Crippen LogP contribution in [0.4, 0.5) is 5.82 Å². The highest BCUT2D eigenvalue weighted by molar-refractivity contribution is 5.39. The predicted octanol–water partition coefficient (Wildman–Crippen LogP) is 2.41. The van der Waals surface area contributed by atoms with Crippen LogP contribution in [0.2, 0.25) is 0 Å². The van der Waals surface area contributed by atoms with Crippen LogP contribution >= 0.6 is 0 Å². The summed E-state index contributed by atoms with van der Waals surface area (Å²) < 4.78 is 5.63. The molecule has 2 rings (SSSR count). The van der Waals surface area contributed by atoms with Gasteiger partial charge in [0, 0.05) is 18.7 Å². The van der Waals surface area contributed by atoms with E-state index in [4.69, 9.17) is 4.74 Å². The van der Waals surface area contributed by atoms with Crippen molar-refractivity contribution in [2.45, 2.75) is 6.61 Å². The molecule has 2 aromatic rings. The van der Waals surface area contributed by atoms with E-state index in [-0.39, 0.29) is 6.61 Å². The summed E-state index contributed by atoms with van der Waals surface area (Å²) in [6.45, 7) is -0.0537. The van der Waals surface area contributed by atoms with E-state index in [9.17, 15) is 5.11 Å². The molecule has 0 amide bonds. The Bertz CT molecular complexity index is 500. The van der Waals surface area contributed by atoms with Crippen LogP contribution in [0.15, 0.2) is 42.5 Å². The molecule has 0 saturated carbocycles. The molecule has 0 radical (unpaired) electrons. The monoisotopic (exact) mass is 230 g/mol. The van der Waals surface area contributed by atoms with Crippen molar-refractivity contribution >= 4 is 5.82 Å². The van der Waals surface area contributed by atoms with Crippen molar-refractivity contribution in [3.05, 3.63) is 48.0 Å². The van der Waals surface area contributed by atoms with Gasteiger partial charge in [0.1, 0.15) is 11.6 Å². The number of ether oxygens (including phenoxy) is 1. The summed E-state index contributed by atoms with van der Waals surface area (Å²) in [6.07, 6.45) is 0. The van der Waals surface area contributed by atoms with E-state index in [1.54, 1.807) is 19.2 Å². The van der Waals surface area contributed by atoms with Crippen LogP contribution < -0.4 is 10.1 Å². The second-order valence-electron chi connectivity index (χ2n) is 3.48. The molecule has 0 atom stereocenters. The number of hydrogen-bond acceptors (Lipinski definition) is 4. The molecule has 0 spiro atoms. The average molecular weight is 230 g/mol. The molecule has 0 bridgehead atoms. The number of benzene rings is 1. The van der Waals surface area contributed by atoms with E-state index in [0.717, 1.165) is 11.4 Å². The molecule has 0 aliphatic carbocycles. The van der Waals surface area contributed by atoms with E-state index in [0.29, 0.717) is 11.6 Å². The highest BCUT2D eigenvalue weighted by atomic mass is 16.5. The maximum Gasteiger partial charge on any atom is 0.221 e. The topological polar surface area (TPSA) is 54.4 Å². The summed E-state index contributed by atoms with van der Waals surface area (Å²) in [5, 5.41) is 12.1. The normalized spacial score (nSPS) is 10.0. The fourth-order valence-corrected chi connectivity index (χ4v) is 1.46. The van der Waals surface area contributed by atoms with Crippen LogP contribution in [0.3, 0.4) is 0 Å². The Hall–Kier alpha value is -2.07. The van der Waals surface area contributed by atoms with Gasteiger partial charge in [-0.2, -0.15) is 4.98 Å². The second kappa shape index (κ2) is 5.32. The lowest BCUT2D eigenvalue weighted by Gasteiger charge is -2.09. The highest BCUT2D eigenvalue weighted by Crippen LogP contribution is 2.24. The van der Waals surface area contributed by atoms with Crippen LogP contribution in [0.5, 0.6) is 11.6 Å². The number of rotatable bonds is 4. The number of nitrogens with one attached hydrogen (secondary N) is 1. The molecule has 0 fully saturated rings. The van der Waals surface area contributed by atoms with Crippen LogP contribution in [0.1, 0.15) is 5.56 Å². The number of anilines is 1. The molecular weight excluding hydrogens is 216 g/mol. The van der Waals surface area contributed by atoms with Crippen molar-refractivity contribution < 1.29 is 9.84 Å². The number of aliphatic hydroxyl groups excluding tert-OH is 1. The van der Waals surface area contributed by atoms with Crippen molar-refractivity contribution in [1.29, 1.82) is 0 Å². The van der Waals surface area contributed by atoms with Gasteiger partial charge in [-0.3, -0.25) is 0 Å². The molecule has 0 aliphatic heterocycles. The number of hydrogen-bond donors (Lipinski definition) is 2. The molecule has 4 nitrogen and oxygen atoms in total. The first-order valence-electron chi connectivity index (χ1n) is 5.35. The summed E-state index contributed by atoms with van der Waals surface area (Å²) in [5.74, 6) is 1.86. The van der Waals surface area contributed by atoms with E-state index >= 15 is 0 Å². The first kappa shape index (κ1) is 11.4. The number of aromatic nitrogens is 1. The fraction of sp³-hybridized carbons (Fsp3) is 0.154. The van der Waals surface area contributed by atoms with Gasteiger partial charge < -0.3 is 15.2 Å². The van der Waals surface area contributed by atoms with Crippen LogP contribution in [-0.2, 0) is 6.61 Å². The van der Waals surface area contributed by atoms with Crippen molar-refractivity contribution in [2.75, 3.05) is 12.4 Å². The number of para-hydroxylation sites is 1. The van der Waals surface area contributed by atoms with Crippen molar-refractivity contribution in [1.82, 2.24) is 4.98 Å². The molecule has 4 heteroatoms. The Kier molecular flexibility index (Phi) is 3.57. The first-order valence-corrected chi connectivity index (χ1v) is 5.35. The number of aliphatic hydroxyl groups is 1. The van der Waals surface area contributed by atoms with Crippen molar-refractivity contribution in [3.8, 4) is 11.6 Å². The van der Waals surface area contributed by atoms with Crippen LogP contribution in [0.25, 0.3) is 0 Å². The smallest absolute Gasteiger partial charge is 0.221 e. The predicted molar refractivity (Wildman–Crippen MR) is 66.2 cm³/mol. The summed E-state index contributed by atoms with van der Waals surface area (Å²) in [5.41, 5.74) is 0.740. The van der Waals surface area contributed by atoms with E-state index in [2.05, 4.69) is 10.3 Å². The Morgan fingerprint density at radius 1 is 1.18 bits per heavy atom. The zero-order valence-electron chi connectivity index (χ0n) is 9.55. The van der Waals surface area contributed by atoms with Gasteiger partial charge in [0.05, 0.1) is 6.61 Å². The molecule has 0 saturated heterocycles. The number of nitrogens with zero attached hydrogens (tertiary/aromatic N) is 1. The van der Waals surface area contributed by atoms with Crippen molar-refractivity contribution in [3.63, 3.8) is 0 Å². The summed E-state index contributed by atoms with van der Waals surface area (Å²) in [4.78, 5) is 4.25. The third-order valence-electron chi connectivity index (χ3n) is 2.34. The van der Waals surface area contributed by atoms with Gasteiger partial charge >= 0.3 is 0 Å². The molecule has 1 aromatic carbocycles. The van der Waals surface area contributed by atoms with Gasteiger partial charge in [0.25, 0.3) is 0 Å². The molecule has 88 valence electrons. The SMILES string of the molecule is CNc1cccc(Oc2ccccc2CO)n1. The van der Waals surface area contributed by atoms with Crippen molar-refractivity contribution in [2.24, 2.45) is 0 Å². The minimum atomic E-state index is -0.0537. The molecule has 2 N–H and O–H groups in total. The largest absolute Gasteiger partial charge is 0.439 e. The van der Waals surface area contributed by atoms with Gasteiger partial charge in [-0.05, 0) is 12.1 Å². The molecule has 1 aromatic heterocycles. The third-order valence-corrected chi connectivity index (χ3v) is 2.34. The lowest BCUT2D eigenvalue weighted by molar-refractivity contribution is 0.276. The molecule has 0 aliphatic rings. The molecular formula is C13H14N2O2. The Morgan fingerprint density at radius 3 is 2.76 bits per heavy atom.